The first-order valence-electron chi connectivity index (χ1n) is 9.95. The van der Waals surface area contributed by atoms with Crippen LogP contribution in [0.1, 0.15) is 43.0 Å². The lowest BCUT2D eigenvalue weighted by molar-refractivity contribution is 0.0858. The topological polar surface area (TPSA) is 82.7 Å². The lowest BCUT2D eigenvalue weighted by Gasteiger charge is -2.34. The highest BCUT2D eigenvalue weighted by Gasteiger charge is 2.24. The lowest BCUT2D eigenvalue weighted by Crippen LogP contribution is -2.48. The van der Waals surface area contributed by atoms with Gasteiger partial charge in [0.25, 0.3) is 5.91 Å². The highest BCUT2D eigenvalue weighted by Crippen LogP contribution is 2.24. The smallest absolute Gasteiger partial charge is 0.314 e. The number of rotatable bonds is 6. The zero-order valence-electron chi connectivity index (χ0n) is 16.0. The predicted molar refractivity (Wildman–Crippen MR) is 105 cm³/mol. The van der Waals surface area contributed by atoms with Crippen molar-refractivity contribution >= 4 is 17.6 Å². The van der Waals surface area contributed by atoms with Gasteiger partial charge in [0.1, 0.15) is 0 Å². The van der Waals surface area contributed by atoms with Crippen LogP contribution in [0.3, 0.4) is 0 Å². The van der Waals surface area contributed by atoms with Gasteiger partial charge in [0.15, 0.2) is 0 Å². The minimum atomic E-state index is -0.107. The van der Waals surface area contributed by atoms with Crippen molar-refractivity contribution < 1.29 is 14.3 Å². The van der Waals surface area contributed by atoms with E-state index < -0.39 is 0 Å². The number of hydrogen-bond acceptors (Lipinski definition) is 4. The van der Waals surface area contributed by atoms with E-state index in [2.05, 4.69) is 20.9 Å². The fraction of sp³-hybridized carbons (Fsp3) is 0.600. The zero-order chi connectivity index (χ0) is 19.1. The number of nitrogens with one attached hydrogen (secondary N) is 3. The minimum absolute atomic E-state index is 0.0522. The first-order valence-corrected chi connectivity index (χ1v) is 9.95. The Morgan fingerprint density at radius 2 is 1.93 bits per heavy atom. The van der Waals surface area contributed by atoms with E-state index in [1.54, 1.807) is 0 Å². The second kappa shape index (κ2) is 9.60. The number of ether oxygens (including phenoxy) is 1. The number of carbonyl (C=O) groups is 2. The summed E-state index contributed by atoms with van der Waals surface area (Å²) in [5, 5.41) is 8.79. The van der Waals surface area contributed by atoms with E-state index in [0.29, 0.717) is 18.7 Å². The molecule has 0 saturated carbocycles. The summed E-state index contributed by atoms with van der Waals surface area (Å²) in [5.41, 5.74) is 1.66. The fourth-order valence-corrected chi connectivity index (χ4v) is 3.71. The Morgan fingerprint density at radius 1 is 1.15 bits per heavy atom. The average Bonchev–Trinajstić information content (AvgIpc) is 3.20. The van der Waals surface area contributed by atoms with Gasteiger partial charge in [-0.05, 0) is 44.7 Å². The molecule has 3 N–H and O–H groups in total. The van der Waals surface area contributed by atoms with Crippen LogP contribution < -0.4 is 20.9 Å². The molecule has 2 aliphatic rings. The highest BCUT2D eigenvalue weighted by molar-refractivity contribution is 5.99. The van der Waals surface area contributed by atoms with Crippen molar-refractivity contribution in [2.75, 3.05) is 37.7 Å². The van der Waals surface area contributed by atoms with Crippen molar-refractivity contribution in [3.05, 3.63) is 29.8 Å². The van der Waals surface area contributed by atoms with Gasteiger partial charge in [-0.15, -0.1) is 0 Å². The van der Waals surface area contributed by atoms with Crippen molar-refractivity contribution in [3.8, 4) is 0 Å². The third-order valence-electron chi connectivity index (χ3n) is 5.17. The summed E-state index contributed by atoms with van der Waals surface area (Å²) in [7, 11) is 0. The van der Waals surface area contributed by atoms with Crippen LogP contribution in [0.2, 0.25) is 0 Å². The van der Waals surface area contributed by atoms with Crippen LogP contribution in [-0.2, 0) is 4.74 Å². The van der Waals surface area contributed by atoms with Crippen molar-refractivity contribution in [2.45, 2.75) is 44.8 Å². The third-order valence-corrected chi connectivity index (χ3v) is 5.17. The molecule has 3 rings (SSSR count). The minimum Gasteiger partial charge on any atom is -0.376 e. The van der Waals surface area contributed by atoms with Gasteiger partial charge in [0.05, 0.1) is 11.7 Å². The Kier molecular flexibility index (Phi) is 6.92. The van der Waals surface area contributed by atoms with Crippen molar-refractivity contribution in [3.63, 3.8) is 0 Å². The van der Waals surface area contributed by atoms with E-state index in [9.17, 15) is 9.59 Å². The standard InChI is InChI=1S/C20H30N4O3/c1-2-21-20(26)23-15-9-11-24(12-10-15)18-8-4-3-7-17(18)19(25)22-14-16-6-5-13-27-16/h3-4,7-8,15-16H,2,5-6,9-14H2,1H3,(H,22,25)(H2,21,23,26)/t16-/m1/s1. The summed E-state index contributed by atoms with van der Waals surface area (Å²) in [6, 6.07) is 7.80. The largest absolute Gasteiger partial charge is 0.376 e. The molecule has 0 radical (unpaired) electrons. The highest BCUT2D eigenvalue weighted by atomic mass is 16.5. The first-order chi connectivity index (χ1) is 13.2. The van der Waals surface area contributed by atoms with E-state index in [0.717, 1.165) is 51.1 Å². The Hall–Kier alpha value is -2.28. The molecule has 1 atom stereocenters. The summed E-state index contributed by atoms with van der Waals surface area (Å²) in [4.78, 5) is 26.6. The molecule has 1 aromatic carbocycles. The van der Waals surface area contributed by atoms with Gasteiger partial charge in [-0.3, -0.25) is 4.79 Å². The molecule has 7 nitrogen and oxygen atoms in total. The van der Waals surface area contributed by atoms with Gasteiger partial charge in [-0.1, -0.05) is 12.1 Å². The Labute approximate surface area is 160 Å². The monoisotopic (exact) mass is 374 g/mol. The van der Waals surface area contributed by atoms with Gasteiger partial charge in [0.2, 0.25) is 0 Å². The zero-order valence-corrected chi connectivity index (χ0v) is 16.0. The number of para-hydroxylation sites is 1. The van der Waals surface area contributed by atoms with E-state index >= 15 is 0 Å². The first kappa shape index (κ1) is 19.5. The average molecular weight is 374 g/mol. The number of carbonyl (C=O) groups excluding carboxylic acids is 2. The molecule has 0 spiro atoms. The summed E-state index contributed by atoms with van der Waals surface area (Å²) in [5.74, 6) is -0.0522. The number of amides is 3. The molecule has 7 heteroatoms. The number of anilines is 1. The molecule has 2 fully saturated rings. The molecule has 1 aromatic rings. The molecule has 2 saturated heterocycles. The molecule has 2 aliphatic heterocycles. The van der Waals surface area contributed by atoms with Crippen molar-refractivity contribution in [2.24, 2.45) is 0 Å². The van der Waals surface area contributed by atoms with Crippen LogP contribution in [0.25, 0.3) is 0 Å². The van der Waals surface area contributed by atoms with Gasteiger partial charge < -0.3 is 25.6 Å². The number of urea groups is 1. The summed E-state index contributed by atoms with van der Waals surface area (Å²) < 4.78 is 5.58. The molecule has 0 unspecified atom stereocenters. The quantitative estimate of drug-likeness (QED) is 0.710. The number of nitrogens with zero attached hydrogens (tertiary/aromatic N) is 1. The molecule has 148 valence electrons. The molecular weight excluding hydrogens is 344 g/mol. The second-order valence-electron chi connectivity index (χ2n) is 7.13. The number of benzene rings is 1. The summed E-state index contributed by atoms with van der Waals surface area (Å²) >= 11 is 0. The third kappa shape index (κ3) is 5.35. The van der Waals surface area contributed by atoms with Crippen LogP contribution >= 0.6 is 0 Å². The number of hydrogen-bond donors (Lipinski definition) is 3. The number of piperidine rings is 1. The molecule has 3 amide bonds. The van der Waals surface area contributed by atoms with E-state index in [-0.39, 0.29) is 24.1 Å². The van der Waals surface area contributed by atoms with E-state index in [4.69, 9.17) is 4.74 Å². The fourth-order valence-electron chi connectivity index (χ4n) is 3.71. The summed E-state index contributed by atoms with van der Waals surface area (Å²) in [6.45, 7) is 5.50. The van der Waals surface area contributed by atoms with Gasteiger partial charge in [-0.25, -0.2) is 4.79 Å². The SMILES string of the molecule is CCNC(=O)NC1CCN(c2ccccc2C(=O)NC[C@H]2CCCO2)CC1. The Bertz CT molecular complexity index is 638. The van der Waals surface area contributed by atoms with Crippen LogP contribution in [0.4, 0.5) is 10.5 Å². The van der Waals surface area contributed by atoms with Crippen molar-refractivity contribution in [1.82, 2.24) is 16.0 Å². The summed E-state index contributed by atoms with van der Waals surface area (Å²) in [6.07, 6.45) is 3.94. The van der Waals surface area contributed by atoms with E-state index in [1.807, 2.05) is 31.2 Å². The lowest BCUT2D eigenvalue weighted by atomic mass is 10.0. The second-order valence-corrected chi connectivity index (χ2v) is 7.13. The van der Waals surface area contributed by atoms with Crippen LogP contribution in [-0.4, -0.2) is 56.9 Å². The predicted octanol–water partition coefficient (Wildman–Crippen LogP) is 1.88. The van der Waals surface area contributed by atoms with Crippen LogP contribution in [0.15, 0.2) is 24.3 Å². The van der Waals surface area contributed by atoms with Gasteiger partial charge in [-0.2, -0.15) is 0 Å². The normalized spacial score (nSPS) is 20.3. The van der Waals surface area contributed by atoms with Crippen LogP contribution in [0.5, 0.6) is 0 Å². The maximum absolute atomic E-state index is 12.7. The maximum atomic E-state index is 12.7. The molecule has 0 bridgehead atoms. The Morgan fingerprint density at radius 3 is 2.63 bits per heavy atom. The molecule has 0 aliphatic carbocycles. The van der Waals surface area contributed by atoms with Gasteiger partial charge in [0, 0.05) is 44.5 Å². The van der Waals surface area contributed by atoms with Crippen molar-refractivity contribution in [1.29, 1.82) is 0 Å². The van der Waals surface area contributed by atoms with Crippen LogP contribution in [0, 0.1) is 0 Å². The maximum Gasteiger partial charge on any atom is 0.314 e. The Balaban J connectivity index is 1.56. The molecule has 27 heavy (non-hydrogen) atoms. The molecule has 2 heterocycles. The van der Waals surface area contributed by atoms with Gasteiger partial charge >= 0.3 is 6.03 Å². The molecular formula is C20H30N4O3. The van der Waals surface area contributed by atoms with E-state index in [1.165, 1.54) is 0 Å². The molecule has 0 aromatic heterocycles.